The van der Waals surface area contributed by atoms with Crippen molar-refractivity contribution < 1.29 is 66.2 Å². The zero-order chi connectivity index (χ0) is 24.5. The van der Waals surface area contributed by atoms with E-state index in [9.17, 15) is 53.1 Å². The largest absolute Gasteiger partial charge is 0.790 e. The highest BCUT2D eigenvalue weighted by Crippen LogP contribution is 2.60. The normalized spacial score (nSPS) is 27.5. The maximum Gasteiger partial charge on any atom is 0.278 e. The second-order valence-electron chi connectivity index (χ2n) is 6.07. The van der Waals surface area contributed by atoms with Crippen LogP contribution < -0.4 is 30.4 Å². The molecule has 2 heterocycles. The van der Waals surface area contributed by atoms with Crippen LogP contribution in [0.1, 0.15) is 18.6 Å². The Morgan fingerprint density at radius 1 is 1.19 bits per heavy atom. The van der Waals surface area contributed by atoms with E-state index in [1.807, 2.05) is 0 Å². The van der Waals surface area contributed by atoms with Crippen molar-refractivity contribution in [2.24, 2.45) is 0 Å². The van der Waals surface area contributed by atoms with Crippen LogP contribution in [-0.4, -0.2) is 51.0 Å². The maximum atomic E-state index is 12.1. The number of nitrogens with zero attached hydrogens (tertiary/aromatic N) is 1. The minimum absolute atomic E-state index is 0.228. The Morgan fingerprint density at radius 2 is 1.81 bits per heavy atom. The van der Waals surface area contributed by atoms with E-state index in [0.717, 1.165) is 13.1 Å². The quantitative estimate of drug-likeness (QED) is 0.223. The number of carbonyl (C=O) groups excluding carboxylic acids is 1. The van der Waals surface area contributed by atoms with Gasteiger partial charge in [-0.05, 0) is 0 Å². The van der Waals surface area contributed by atoms with Gasteiger partial charge in [-0.1, -0.05) is 0 Å². The third kappa shape index (κ3) is 7.60. The molecule has 1 fully saturated rings. The third-order valence-electron chi connectivity index (χ3n) is 3.59. The molecule has 18 nitrogen and oxygen atoms in total. The molecule has 0 bridgehead atoms. The first-order chi connectivity index (χ1) is 14.5. The number of aliphatic hydroxyl groups excluding tert-OH is 2. The second kappa shape index (κ2) is 9.87. The molecule has 4 N–H and O–H groups in total. The van der Waals surface area contributed by atoms with E-state index >= 15 is 0 Å². The monoisotopic (exact) mass is 521 g/mol. The molecule has 1 aliphatic heterocycles. The van der Waals surface area contributed by atoms with E-state index in [1.165, 1.54) is 0 Å². The van der Waals surface area contributed by atoms with Gasteiger partial charge in [0.2, 0.25) is 11.9 Å². The Balaban J connectivity index is 2.07. The van der Waals surface area contributed by atoms with Crippen LogP contribution in [0.25, 0.3) is 0 Å². The summed E-state index contributed by atoms with van der Waals surface area (Å²) in [5, 5.41) is 22.3. The van der Waals surface area contributed by atoms with Gasteiger partial charge in [0.15, 0.2) is 0 Å². The maximum absolute atomic E-state index is 12.1. The molecule has 0 saturated carbocycles. The average Bonchev–Trinajstić information content (AvgIpc) is 2.85. The Kier molecular flexibility index (Phi) is 8.29. The summed E-state index contributed by atoms with van der Waals surface area (Å²) in [6.07, 6.45) is -5.95. The highest BCUT2D eigenvalue weighted by atomic mass is 31.3. The molecule has 32 heavy (non-hydrogen) atoms. The number of aliphatic hydroxyl groups is 2. The number of aromatic nitrogens is 2. The summed E-state index contributed by atoms with van der Waals surface area (Å²) in [6.45, 7) is -0.0216. The standard InChI is InChI=1S/C11H18N3O15P3/c1-4(15)13-11-12-2-5(10(18)14-11)9-8(17)7(16)6(27-9)3-26-31(22,23)29-32(24,25)28-30(19,20)21/h2,6-9,16-17H,3H2,1H3,(H,22,23)(H,24,25)(H2,19,20,21)(H2,12,13,14,15,18)/p-4. The molecule has 1 aliphatic rings. The SMILES string of the molecule is CC(=O)Nc1ncc(C2OC(COP(=O)([O-])OP(=O)([O-])OP(=O)([O-])[O-])C(O)C2O)c(=O)[nH]1. The minimum Gasteiger partial charge on any atom is -0.790 e. The fourth-order valence-corrected chi connectivity index (χ4v) is 5.29. The second-order valence-corrected chi connectivity index (χ2v) is 10.3. The van der Waals surface area contributed by atoms with Crippen LogP contribution in [0.2, 0.25) is 0 Å². The highest BCUT2D eigenvalue weighted by molar-refractivity contribution is 7.64. The summed E-state index contributed by atoms with van der Waals surface area (Å²) in [5.41, 5.74) is -1.21. The first-order valence-corrected chi connectivity index (χ1v) is 12.5. The molecule has 6 unspecified atom stereocenters. The van der Waals surface area contributed by atoms with E-state index in [4.69, 9.17) is 4.74 Å². The van der Waals surface area contributed by atoms with Crippen molar-refractivity contribution >= 4 is 35.3 Å². The number of aromatic amines is 1. The van der Waals surface area contributed by atoms with Gasteiger partial charge < -0.3 is 43.6 Å². The Labute approximate surface area is 177 Å². The van der Waals surface area contributed by atoms with Crippen LogP contribution in [0, 0.1) is 0 Å². The zero-order valence-electron chi connectivity index (χ0n) is 15.6. The van der Waals surface area contributed by atoms with Gasteiger partial charge in [-0.15, -0.1) is 0 Å². The Morgan fingerprint density at radius 3 is 2.34 bits per heavy atom. The van der Waals surface area contributed by atoms with Crippen LogP contribution >= 0.6 is 23.5 Å². The summed E-state index contributed by atoms with van der Waals surface area (Å²) < 4.78 is 48.6. The summed E-state index contributed by atoms with van der Waals surface area (Å²) in [5.74, 6) is -0.773. The predicted molar refractivity (Wildman–Crippen MR) is 89.7 cm³/mol. The molecule has 0 spiro atoms. The van der Waals surface area contributed by atoms with Crippen molar-refractivity contribution in [3.05, 3.63) is 22.1 Å². The van der Waals surface area contributed by atoms with Crippen LogP contribution in [0.15, 0.2) is 11.0 Å². The molecule has 0 radical (unpaired) electrons. The van der Waals surface area contributed by atoms with Crippen LogP contribution in [-0.2, 0) is 36.4 Å². The fourth-order valence-electron chi connectivity index (χ4n) is 2.43. The third-order valence-corrected chi connectivity index (χ3v) is 7.25. The number of carbonyl (C=O) groups is 1. The fraction of sp³-hybridized carbons (Fsp3) is 0.545. The van der Waals surface area contributed by atoms with Crippen molar-refractivity contribution in [2.75, 3.05) is 11.9 Å². The van der Waals surface area contributed by atoms with Crippen LogP contribution in [0.3, 0.4) is 0 Å². The van der Waals surface area contributed by atoms with Gasteiger partial charge in [0, 0.05) is 13.1 Å². The van der Waals surface area contributed by atoms with Crippen molar-refractivity contribution in [3.8, 4) is 0 Å². The minimum atomic E-state index is -6.18. The number of phosphoric acid groups is 3. The van der Waals surface area contributed by atoms with E-state index < -0.39 is 66.0 Å². The van der Waals surface area contributed by atoms with Gasteiger partial charge >= 0.3 is 0 Å². The van der Waals surface area contributed by atoms with E-state index in [2.05, 4.69) is 28.4 Å². The molecule has 0 aromatic carbocycles. The molecule has 1 saturated heterocycles. The molecular weight excluding hydrogens is 507 g/mol. The molecule has 182 valence electrons. The molecular formula is C11H14N3O15P3-4. The lowest BCUT2D eigenvalue weighted by atomic mass is 10.0. The van der Waals surface area contributed by atoms with Gasteiger partial charge in [-0.2, -0.15) is 0 Å². The van der Waals surface area contributed by atoms with Gasteiger partial charge in [0.25, 0.3) is 21.2 Å². The van der Waals surface area contributed by atoms with Crippen molar-refractivity contribution in [1.29, 1.82) is 0 Å². The van der Waals surface area contributed by atoms with Gasteiger partial charge in [0.1, 0.15) is 24.4 Å². The van der Waals surface area contributed by atoms with Crippen molar-refractivity contribution in [2.45, 2.75) is 31.3 Å². The van der Waals surface area contributed by atoms with E-state index in [-0.39, 0.29) is 11.5 Å². The van der Waals surface area contributed by atoms with E-state index in [1.54, 1.807) is 0 Å². The number of nitrogens with one attached hydrogen (secondary N) is 2. The van der Waals surface area contributed by atoms with Crippen LogP contribution in [0.4, 0.5) is 5.95 Å². The smallest absolute Gasteiger partial charge is 0.278 e. The van der Waals surface area contributed by atoms with Crippen LogP contribution in [0.5, 0.6) is 0 Å². The number of hydrogen-bond acceptors (Lipinski definition) is 16. The molecule has 21 heteroatoms. The van der Waals surface area contributed by atoms with Gasteiger partial charge in [-0.25, -0.2) is 9.29 Å². The molecule has 1 amide bonds. The lowest BCUT2D eigenvalue weighted by Gasteiger charge is -2.37. The molecule has 0 aliphatic carbocycles. The number of rotatable bonds is 9. The number of H-pyrrole nitrogens is 1. The summed E-state index contributed by atoms with van der Waals surface area (Å²) in [4.78, 5) is 72.2. The lowest BCUT2D eigenvalue weighted by molar-refractivity contribution is -0.339. The summed E-state index contributed by atoms with van der Waals surface area (Å²) >= 11 is 0. The molecule has 1 aromatic heterocycles. The highest BCUT2D eigenvalue weighted by Gasteiger charge is 2.45. The molecule has 2 rings (SSSR count). The van der Waals surface area contributed by atoms with Crippen molar-refractivity contribution in [1.82, 2.24) is 9.97 Å². The number of phosphoric ester groups is 1. The molecule has 6 atom stereocenters. The van der Waals surface area contributed by atoms with E-state index in [0.29, 0.717) is 0 Å². The first kappa shape index (κ1) is 26.9. The summed E-state index contributed by atoms with van der Waals surface area (Å²) in [7, 11) is -18.2. The Bertz CT molecular complexity index is 1050. The first-order valence-electron chi connectivity index (χ1n) is 8.09. The lowest BCUT2D eigenvalue weighted by Crippen LogP contribution is -2.34. The Hall–Kier alpha value is -1.36. The number of ether oxygens (including phenoxy) is 1. The number of amides is 1. The van der Waals surface area contributed by atoms with Gasteiger partial charge in [0.05, 0.1) is 20.0 Å². The predicted octanol–water partition coefficient (Wildman–Crippen LogP) is -4.29. The van der Waals surface area contributed by atoms with Crippen molar-refractivity contribution in [3.63, 3.8) is 0 Å². The summed E-state index contributed by atoms with van der Waals surface area (Å²) in [6, 6.07) is 0. The zero-order valence-corrected chi connectivity index (χ0v) is 18.3. The number of anilines is 1. The molecule has 1 aromatic rings. The topological polar surface area (TPSA) is 296 Å². The average molecular weight is 521 g/mol. The van der Waals surface area contributed by atoms with Gasteiger partial charge in [-0.3, -0.25) is 33.3 Å². The number of hydrogen-bond donors (Lipinski definition) is 4.